The van der Waals surface area contributed by atoms with E-state index in [9.17, 15) is 9.50 Å². The van der Waals surface area contributed by atoms with Gasteiger partial charge in [0.1, 0.15) is 12.1 Å². The zero-order chi connectivity index (χ0) is 17.2. The Morgan fingerprint density at radius 2 is 1.96 bits per heavy atom. The average Bonchev–Trinajstić information content (AvgIpc) is 3.07. The molecule has 2 aromatic heterocycles. The molecule has 3 aromatic rings. The number of hydrogen-bond donors (Lipinski definition) is 1. The number of fused-ring (bicyclic) bond motifs is 1. The van der Waals surface area contributed by atoms with E-state index >= 15 is 0 Å². The van der Waals surface area contributed by atoms with Gasteiger partial charge in [0, 0.05) is 25.3 Å². The number of rotatable bonds is 4. The van der Waals surface area contributed by atoms with E-state index in [4.69, 9.17) is 0 Å². The van der Waals surface area contributed by atoms with Crippen LogP contribution < -0.4 is 4.90 Å². The van der Waals surface area contributed by atoms with Crippen molar-refractivity contribution in [2.75, 3.05) is 24.6 Å². The second kappa shape index (κ2) is 6.72. The van der Waals surface area contributed by atoms with E-state index in [0.717, 1.165) is 31.7 Å². The molecule has 0 radical (unpaired) electrons. The Balaban J connectivity index is 1.63. The number of anilines is 1. The van der Waals surface area contributed by atoms with Crippen LogP contribution in [0.4, 0.5) is 10.2 Å². The van der Waals surface area contributed by atoms with Crippen molar-refractivity contribution in [2.24, 2.45) is 5.92 Å². The zero-order valence-corrected chi connectivity index (χ0v) is 13.7. The minimum absolute atomic E-state index is 0.228. The third-order valence-electron chi connectivity index (χ3n) is 4.73. The van der Waals surface area contributed by atoms with Crippen LogP contribution in [0.3, 0.4) is 0 Å². The molecule has 1 aliphatic rings. The Kier molecular flexibility index (Phi) is 4.27. The fraction of sp³-hybridized carbons (Fsp3) is 0.412. The molecule has 7 nitrogen and oxygen atoms in total. The van der Waals surface area contributed by atoms with Gasteiger partial charge in [0.15, 0.2) is 17.0 Å². The van der Waals surface area contributed by atoms with Gasteiger partial charge in [-0.1, -0.05) is 23.4 Å². The second-order valence-corrected chi connectivity index (χ2v) is 6.32. The highest BCUT2D eigenvalue weighted by Crippen LogP contribution is 2.26. The summed E-state index contributed by atoms with van der Waals surface area (Å²) in [6.45, 7) is 2.13. The van der Waals surface area contributed by atoms with Gasteiger partial charge < -0.3 is 10.0 Å². The van der Waals surface area contributed by atoms with E-state index < -0.39 is 0 Å². The molecule has 0 bridgehead atoms. The fourth-order valence-electron chi connectivity index (χ4n) is 3.23. The fourth-order valence-corrected chi connectivity index (χ4v) is 3.23. The standard InChI is InChI=1S/C17H19FN6O/c18-14-4-2-1-3-13(14)9-24-17-15(21-22-24)16(19-11-20-17)23-7-5-12(10-25)6-8-23/h1-4,11-12,25H,5-10H2. The summed E-state index contributed by atoms with van der Waals surface area (Å²) in [6, 6.07) is 6.61. The summed E-state index contributed by atoms with van der Waals surface area (Å²) in [4.78, 5) is 10.8. The van der Waals surface area contributed by atoms with Gasteiger partial charge in [-0.15, -0.1) is 5.10 Å². The molecule has 0 unspecified atom stereocenters. The molecule has 0 spiro atoms. The van der Waals surface area contributed by atoms with Crippen molar-refractivity contribution < 1.29 is 9.50 Å². The molecule has 1 aromatic carbocycles. The summed E-state index contributed by atoms with van der Waals surface area (Å²) in [5.41, 5.74) is 1.76. The smallest absolute Gasteiger partial charge is 0.184 e. The molecule has 3 heterocycles. The summed E-state index contributed by atoms with van der Waals surface area (Å²) >= 11 is 0. The number of piperidine rings is 1. The van der Waals surface area contributed by atoms with Crippen LogP contribution in [-0.2, 0) is 6.54 Å². The Morgan fingerprint density at radius 1 is 1.16 bits per heavy atom. The van der Waals surface area contributed by atoms with Crippen LogP contribution in [-0.4, -0.2) is 49.8 Å². The van der Waals surface area contributed by atoms with Gasteiger partial charge in [-0.25, -0.2) is 19.0 Å². The highest BCUT2D eigenvalue weighted by molar-refractivity contribution is 5.82. The van der Waals surface area contributed by atoms with Crippen LogP contribution in [0.2, 0.25) is 0 Å². The van der Waals surface area contributed by atoms with E-state index in [1.807, 2.05) is 0 Å². The first-order chi connectivity index (χ1) is 12.3. The van der Waals surface area contributed by atoms with Crippen molar-refractivity contribution in [2.45, 2.75) is 19.4 Å². The molecule has 1 aliphatic heterocycles. The first kappa shape index (κ1) is 15.9. The Morgan fingerprint density at radius 3 is 2.72 bits per heavy atom. The summed E-state index contributed by atoms with van der Waals surface area (Å²) in [5.74, 6) is 0.831. The molecule has 130 valence electrons. The first-order valence-corrected chi connectivity index (χ1v) is 8.39. The van der Waals surface area contributed by atoms with Gasteiger partial charge in [0.2, 0.25) is 0 Å². The molecule has 0 aliphatic carbocycles. The molecule has 0 atom stereocenters. The molecule has 1 N–H and O–H groups in total. The lowest BCUT2D eigenvalue weighted by molar-refractivity contribution is 0.203. The number of hydrogen-bond acceptors (Lipinski definition) is 6. The number of aliphatic hydroxyl groups excluding tert-OH is 1. The average molecular weight is 342 g/mol. The van der Waals surface area contributed by atoms with Crippen LogP contribution in [0.5, 0.6) is 0 Å². The molecule has 25 heavy (non-hydrogen) atoms. The third-order valence-corrected chi connectivity index (χ3v) is 4.73. The van der Waals surface area contributed by atoms with Crippen LogP contribution in [0, 0.1) is 11.7 Å². The van der Waals surface area contributed by atoms with Crippen LogP contribution >= 0.6 is 0 Å². The summed E-state index contributed by atoms with van der Waals surface area (Å²) in [6.07, 6.45) is 3.34. The van der Waals surface area contributed by atoms with Crippen LogP contribution in [0.15, 0.2) is 30.6 Å². The van der Waals surface area contributed by atoms with Crippen LogP contribution in [0.1, 0.15) is 18.4 Å². The predicted molar refractivity (Wildman–Crippen MR) is 90.6 cm³/mol. The SMILES string of the molecule is OCC1CCN(c2ncnc3c2nnn3Cc2ccccc2F)CC1. The largest absolute Gasteiger partial charge is 0.396 e. The second-order valence-electron chi connectivity index (χ2n) is 6.32. The lowest BCUT2D eigenvalue weighted by atomic mass is 9.98. The molecule has 0 saturated carbocycles. The van der Waals surface area contributed by atoms with E-state index in [1.165, 1.54) is 12.4 Å². The molecule has 0 amide bonds. The van der Waals surface area contributed by atoms with Crippen molar-refractivity contribution in [3.63, 3.8) is 0 Å². The normalized spacial score (nSPS) is 15.8. The number of aromatic nitrogens is 5. The van der Waals surface area contributed by atoms with Crippen molar-refractivity contribution in [3.05, 3.63) is 42.0 Å². The van der Waals surface area contributed by atoms with Gasteiger partial charge in [-0.3, -0.25) is 0 Å². The number of nitrogens with zero attached hydrogens (tertiary/aromatic N) is 6. The Bertz CT molecular complexity index is 874. The quantitative estimate of drug-likeness (QED) is 0.776. The zero-order valence-electron chi connectivity index (χ0n) is 13.7. The lowest BCUT2D eigenvalue weighted by Crippen LogP contribution is -2.35. The minimum Gasteiger partial charge on any atom is -0.396 e. The monoisotopic (exact) mass is 342 g/mol. The van der Waals surface area contributed by atoms with E-state index in [2.05, 4.69) is 25.2 Å². The first-order valence-electron chi connectivity index (χ1n) is 8.39. The van der Waals surface area contributed by atoms with E-state index in [0.29, 0.717) is 22.6 Å². The lowest BCUT2D eigenvalue weighted by Gasteiger charge is -2.31. The van der Waals surface area contributed by atoms with Crippen molar-refractivity contribution in [1.82, 2.24) is 25.0 Å². The van der Waals surface area contributed by atoms with Gasteiger partial charge in [0.05, 0.1) is 6.54 Å². The van der Waals surface area contributed by atoms with Crippen molar-refractivity contribution in [3.8, 4) is 0 Å². The number of benzene rings is 1. The Hall–Kier alpha value is -2.61. The highest BCUT2D eigenvalue weighted by atomic mass is 19.1. The maximum Gasteiger partial charge on any atom is 0.184 e. The highest BCUT2D eigenvalue weighted by Gasteiger charge is 2.23. The van der Waals surface area contributed by atoms with Gasteiger partial charge in [-0.2, -0.15) is 0 Å². The maximum atomic E-state index is 13.9. The van der Waals surface area contributed by atoms with Gasteiger partial charge >= 0.3 is 0 Å². The molecule has 1 fully saturated rings. The van der Waals surface area contributed by atoms with E-state index in [1.54, 1.807) is 22.9 Å². The summed E-state index contributed by atoms with van der Waals surface area (Å²) < 4.78 is 15.5. The molecule has 4 rings (SSSR count). The van der Waals surface area contributed by atoms with Gasteiger partial charge in [0.25, 0.3) is 0 Å². The topological polar surface area (TPSA) is 80.0 Å². The predicted octanol–water partition coefficient (Wildman–Crippen LogP) is 1.62. The van der Waals surface area contributed by atoms with Crippen molar-refractivity contribution >= 4 is 17.0 Å². The molecule has 8 heteroatoms. The molecular formula is C17H19FN6O. The summed E-state index contributed by atoms with van der Waals surface area (Å²) in [7, 11) is 0. The summed E-state index contributed by atoms with van der Waals surface area (Å²) in [5, 5.41) is 17.7. The maximum absolute atomic E-state index is 13.9. The van der Waals surface area contributed by atoms with E-state index in [-0.39, 0.29) is 19.0 Å². The third kappa shape index (κ3) is 3.05. The number of aliphatic hydroxyl groups is 1. The Labute approximate surface area is 144 Å². The molecule has 1 saturated heterocycles. The van der Waals surface area contributed by atoms with Crippen molar-refractivity contribution in [1.29, 1.82) is 0 Å². The number of halogens is 1. The minimum atomic E-state index is -0.272. The molecular weight excluding hydrogens is 323 g/mol. The van der Waals surface area contributed by atoms with Gasteiger partial charge in [-0.05, 0) is 24.8 Å². The van der Waals surface area contributed by atoms with Crippen LogP contribution in [0.25, 0.3) is 11.2 Å².